The van der Waals surface area contributed by atoms with E-state index >= 15 is 0 Å². The molecule has 1 aromatic carbocycles. The summed E-state index contributed by atoms with van der Waals surface area (Å²) in [6.45, 7) is 9.42. The predicted octanol–water partition coefficient (Wildman–Crippen LogP) is 3.06. The molecule has 0 aliphatic rings. The summed E-state index contributed by atoms with van der Waals surface area (Å²) >= 11 is 0. The predicted molar refractivity (Wildman–Crippen MR) is 94.3 cm³/mol. The minimum absolute atomic E-state index is 0.279. The van der Waals surface area contributed by atoms with Crippen LogP contribution in [-0.2, 0) is 4.74 Å². The summed E-state index contributed by atoms with van der Waals surface area (Å²) in [5.74, 6) is -0.280. The van der Waals surface area contributed by atoms with E-state index in [1.165, 1.54) is 6.07 Å². The molecule has 6 heteroatoms. The van der Waals surface area contributed by atoms with E-state index in [4.69, 9.17) is 10.5 Å². The van der Waals surface area contributed by atoms with Gasteiger partial charge in [0, 0.05) is 37.8 Å². The zero-order valence-electron chi connectivity index (χ0n) is 15.1. The van der Waals surface area contributed by atoms with Gasteiger partial charge in [0.1, 0.15) is 11.4 Å². The Hall–Kier alpha value is -1.66. The van der Waals surface area contributed by atoms with E-state index in [0.717, 1.165) is 6.42 Å². The molecule has 24 heavy (non-hydrogen) atoms. The van der Waals surface area contributed by atoms with Crippen LogP contribution in [0.4, 0.5) is 9.18 Å². The lowest BCUT2D eigenvalue weighted by Gasteiger charge is -2.28. The van der Waals surface area contributed by atoms with Crippen LogP contribution in [0.25, 0.3) is 0 Å². The molecule has 0 aromatic heterocycles. The number of amides is 1. The molecule has 0 bridgehead atoms. The molecule has 0 spiro atoms. The molecule has 3 N–H and O–H groups in total. The van der Waals surface area contributed by atoms with E-state index in [9.17, 15) is 9.18 Å². The number of hydrogen-bond acceptors (Lipinski definition) is 4. The summed E-state index contributed by atoms with van der Waals surface area (Å²) < 4.78 is 19.3. The van der Waals surface area contributed by atoms with E-state index < -0.39 is 5.60 Å². The van der Waals surface area contributed by atoms with E-state index in [0.29, 0.717) is 25.2 Å². The normalized spacial score (nSPS) is 12.8. The molecule has 136 valence electrons. The number of nitrogens with zero attached hydrogens (tertiary/aromatic N) is 1. The van der Waals surface area contributed by atoms with Gasteiger partial charge >= 0.3 is 6.09 Å². The van der Waals surface area contributed by atoms with Crippen molar-refractivity contribution in [2.75, 3.05) is 26.2 Å². The van der Waals surface area contributed by atoms with Crippen molar-refractivity contribution in [3.8, 4) is 0 Å². The number of benzene rings is 1. The van der Waals surface area contributed by atoms with Crippen molar-refractivity contribution in [1.82, 2.24) is 10.2 Å². The van der Waals surface area contributed by atoms with Crippen molar-refractivity contribution in [2.24, 2.45) is 5.73 Å². The summed E-state index contributed by atoms with van der Waals surface area (Å²) in [5, 5.41) is 3.22. The van der Waals surface area contributed by atoms with Crippen LogP contribution >= 0.6 is 0 Å². The Morgan fingerprint density at radius 3 is 2.54 bits per heavy atom. The van der Waals surface area contributed by atoms with Gasteiger partial charge in [-0.3, -0.25) is 0 Å². The second-order valence-electron chi connectivity index (χ2n) is 6.73. The van der Waals surface area contributed by atoms with Crippen LogP contribution in [0, 0.1) is 5.82 Å². The second-order valence-corrected chi connectivity index (χ2v) is 6.73. The largest absolute Gasteiger partial charge is 0.444 e. The lowest BCUT2D eigenvalue weighted by Crippen LogP contribution is -2.42. The number of halogens is 1. The minimum atomic E-state index is -0.524. The number of carbonyl (C=O) groups is 1. The monoisotopic (exact) mass is 339 g/mol. The van der Waals surface area contributed by atoms with Crippen LogP contribution in [-0.4, -0.2) is 42.8 Å². The highest BCUT2D eigenvalue weighted by Gasteiger charge is 2.22. The van der Waals surface area contributed by atoms with Crippen LogP contribution < -0.4 is 11.1 Å². The second kappa shape index (κ2) is 9.59. The Labute approximate surface area is 144 Å². The van der Waals surface area contributed by atoms with Crippen LogP contribution in [0.1, 0.15) is 45.7 Å². The van der Waals surface area contributed by atoms with Gasteiger partial charge in [0.2, 0.25) is 0 Å². The van der Waals surface area contributed by atoms with Crippen molar-refractivity contribution in [1.29, 1.82) is 0 Å². The maximum atomic E-state index is 13.9. The van der Waals surface area contributed by atoms with Crippen molar-refractivity contribution < 1.29 is 13.9 Å². The van der Waals surface area contributed by atoms with Crippen LogP contribution in [0.2, 0.25) is 0 Å². The fourth-order valence-corrected chi connectivity index (χ4v) is 2.34. The Morgan fingerprint density at radius 2 is 2.00 bits per heavy atom. The van der Waals surface area contributed by atoms with Gasteiger partial charge in [-0.1, -0.05) is 25.1 Å². The molecule has 1 unspecified atom stereocenters. The molecule has 1 atom stereocenters. The Morgan fingerprint density at radius 1 is 1.33 bits per heavy atom. The number of nitrogens with two attached hydrogens (primary N) is 1. The Kier molecular flexibility index (Phi) is 8.15. The first-order valence-corrected chi connectivity index (χ1v) is 8.44. The number of ether oxygens (including phenoxy) is 1. The van der Waals surface area contributed by atoms with E-state index in [1.54, 1.807) is 23.1 Å². The van der Waals surface area contributed by atoms with Gasteiger partial charge in [-0.2, -0.15) is 0 Å². The Bertz CT molecular complexity index is 517. The average molecular weight is 339 g/mol. The smallest absolute Gasteiger partial charge is 0.410 e. The summed E-state index contributed by atoms with van der Waals surface area (Å²) in [5.41, 5.74) is 5.77. The number of rotatable bonds is 8. The van der Waals surface area contributed by atoms with Crippen LogP contribution in [0.5, 0.6) is 0 Å². The van der Waals surface area contributed by atoms with E-state index in [1.807, 2.05) is 27.7 Å². The van der Waals surface area contributed by atoms with Crippen LogP contribution in [0.15, 0.2) is 24.3 Å². The zero-order chi connectivity index (χ0) is 18.2. The van der Waals surface area contributed by atoms with Gasteiger partial charge in [-0.15, -0.1) is 0 Å². The zero-order valence-corrected chi connectivity index (χ0v) is 15.1. The van der Waals surface area contributed by atoms with Gasteiger partial charge in [0.05, 0.1) is 0 Å². The third-order valence-corrected chi connectivity index (χ3v) is 3.43. The first kappa shape index (κ1) is 20.4. The fraction of sp³-hybridized carbons (Fsp3) is 0.611. The third-order valence-electron chi connectivity index (χ3n) is 3.43. The van der Waals surface area contributed by atoms with Gasteiger partial charge in [-0.05, 0) is 33.3 Å². The van der Waals surface area contributed by atoms with Crippen molar-refractivity contribution >= 4 is 6.09 Å². The summed E-state index contributed by atoms with van der Waals surface area (Å²) in [6.07, 6.45) is 0.508. The molecular weight excluding hydrogens is 309 g/mol. The molecular formula is C18H30FN3O2. The molecule has 0 radical (unpaired) electrons. The lowest BCUT2D eigenvalue weighted by molar-refractivity contribution is 0.0250. The SMILES string of the molecule is CCCN(CCNC(CN)c1ccccc1F)C(=O)OC(C)(C)C. The molecule has 0 saturated carbocycles. The highest BCUT2D eigenvalue weighted by molar-refractivity contribution is 5.68. The van der Waals surface area contributed by atoms with E-state index in [2.05, 4.69) is 5.32 Å². The summed E-state index contributed by atoms with van der Waals surface area (Å²) in [4.78, 5) is 13.9. The summed E-state index contributed by atoms with van der Waals surface area (Å²) in [6, 6.07) is 6.29. The lowest BCUT2D eigenvalue weighted by atomic mass is 10.1. The molecule has 1 rings (SSSR count). The highest BCUT2D eigenvalue weighted by Crippen LogP contribution is 2.15. The topological polar surface area (TPSA) is 67.6 Å². The third kappa shape index (κ3) is 6.84. The molecule has 0 heterocycles. The maximum Gasteiger partial charge on any atom is 0.410 e. The molecule has 0 saturated heterocycles. The molecule has 0 aliphatic heterocycles. The van der Waals surface area contributed by atoms with Crippen molar-refractivity contribution in [3.63, 3.8) is 0 Å². The van der Waals surface area contributed by atoms with Crippen molar-refractivity contribution in [3.05, 3.63) is 35.6 Å². The Balaban J connectivity index is 2.60. The molecule has 0 aliphatic carbocycles. The molecule has 1 amide bonds. The highest BCUT2D eigenvalue weighted by atomic mass is 19.1. The minimum Gasteiger partial charge on any atom is -0.444 e. The molecule has 0 fully saturated rings. The maximum absolute atomic E-state index is 13.9. The van der Waals surface area contributed by atoms with Crippen LogP contribution in [0.3, 0.4) is 0 Å². The standard InChI is InChI=1S/C18H30FN3O2/c1-5-11-22(17(23)24-18(2,3)4)12-10-21-16(13-20)14-8-6-7-9-15(14)19/h6-9,16,21H,5,10-13,20H2,1-4H3. The van der Waals surface area contributed by atoms with Gasteiger partial charge < -0.3 is 20.7 Å². The number of nitrogens with one attached hydrogen (secondary N) is 1. The molecule has 1 aromatic rings. The first-order chi connectivity index (χ1) is 11.3. The van der Waals surface area contributed by atoms with E-state index in [-0.39, 0.29) is 24.5 Å². The van der Waals surface area contributed by atoms with Crippen molar-refractivity contribution in [2.45, 2.75) is 45.8 Å². The number of carbonyl (C=O) groups excluding carboxylic acids is 1. The first-order valence-electron chi connectivity index (χ1n) is 8.44. The van der Waals surface area contributed by atoms with Gasteiger partial charge in [0.15, 0.2) is 0 Å². The van der Waals surface area contributed by atoms with Gasteiger partial charge in [0.25, 0.3) is 0 Å². The summed E-state index contributed by atoms with van der Waals surface area (Å²) in [7, 11) is 0. The quantitative estimate of drug-likeness (QED) is 0.764. The number of hydrogen-bond donors (Lipinski definition) is 2. The average Bonchev–Trinajstić information content (AvgIpc) is 2.50. The van der Waals surface area contributed by atoms with Gasteiger partial charge in [-0.25, -0.2) is 9.18 Å². The fourth-order valence-electron chi connectivity index (χ4n) is 2.34. The molecule has 5 nitrogen and oxygen atoms in total.